The van der Waals surface area contributed by atoms with Crippen molar-refractivity contribution in [2.75, 3.05) is 0 Å². The fourth-order valence-electron chi connectivity index (χ4n) is 3.80. The second-order valence-corrected chi connectivity index (χ2v) is 10.9. The Morgan fingerprint density at radius 2 is 1.24 bits per heavy atom. The molecule has 0 aliphatic carbocycles. The summed E-state index contributed by atoms with van der Waals surface area (Å²) < 4.78 is 27.5. The predicted octanol–water partition coefficient (Wildman–Crippen LogP) is 5.58. The highest BCUT2D eigenvalue weighted by Gasteiger charge is 2.53. The molecule has 0 aromatic heterocycles. The number of fused-ring (bicyclic) bond motifs is 2. The van der Waals surface area contributed by atoms with E-state index in [9.17, 15) is 24.0 Å². The van der Waals surface area contributed by atoms with Crippen LogP contribution in [0.3, 0.4) is 0 Å². The summed E-state index contributed by atoms with van der Waals surface area (Å²) in [6.07, 6.45) is -8.75. The summed E-state index contributed by atoms with van der Waals surface area (Å²) in [5.74, 6) is -0.692. The van der Waals surface area contributed by atoms with E-state index in [1.165, 1.54) is 39.8 Å². The Labute approximate surface area is 248 Å². The van der Waals surface area contributed by atoms with Crippen molar-refractivity contribution in [1.29, 1.82) is 0 Å². The number of carbonyl (C=O) groups is 5. The van der Waals surface area contributed by atoms with Crippen LogP contribution in [0.2, 0.25) is 5.02 Å². The molecule has 0 saturated heterocycles. The van der Waals surface area contributed by atoms with Crippen LogP contribution >= 0.6 is 11.6 Å². The van der Waals surface area contributed by atoms with E-state index in [0.717, 1.165) is 6.20 Å². The van der Waals surface area contributed by atoms with E-state index in [1.807, 2.05) is 0 Å². The lowest BCUT2D eigenvalue weighted by Gasteiger charge is -2.42. The van der Waals surface area contributed by atoms with Crippen LogP contribution < -0.4 is 4.74 Å². The first-order valence-electron chi connectivity index (χ1n) is 13.3. The maximum absolute atomic E-state index is 13.9. The maximum Gasteiger partial charge on any atom is 0.451 e. The second-order valence-electron chi connectivity index (χ2n) is 10.5. The molecule has 2 heterocycles. The van der Waals surface area contributed by atoms with Crippen LogP contribution in [0.5, 0.6) is 5.75 Å². The minimum Gasteiger partial charge on any atom is -0.463 e. The Morgan fingerprint density at radius 3 is 1.76 bits per heavy atom. The minimum absolute atomic E-state index is 0.0111. The SMILES string of the molecule is Cc1cc2c(cc1Cl)C(=O)C1=CN(C(=O)OC(C)C)N(C(=O)OC(C)C)N(C(=O)OC(C)C)N(C(=O)OC(C)C)C1O2. The molecule has 1 aromatic carbocycles. The molecule has 0 spiro atoms. The number of aryl methyl sites for hydroxylation is 1. The molecule has 0 N–H and O–H groups in total. The first kappa shape index (κ1) is 32.3. The van der Waals surface area contributed by atoms with E-state index in [4.69, 9.17) is 35.3 Å². The van der Waals surface area contributed by atoms with Gasteiger partial charge in [0.1, 0.15) is 5.75 Å². The van der Waals surface area contributed by atoms with Gasteiger partial charge in [0.05, 0.1) is 35.6 Å². The molecule has 2 aliphatic rings. The van der Waals surface area contributed by atoms with Crippen molar-refractivity contribution in [2.24, 2.45) is 0 Å². The molecule has 230 valence electrons. The summed E-state index contributed by atoms with van der Waals surface area (Å²) in [5, 5.41) is 2.11. The van der Waals surface area contributed by atoms with Crippen LogP contribution in [0.4, 0.5) is 19.2 Å². The normalized spacial score (nSPS) is 16.6. The van der Waals surface area contributed by atoms with Gasteiger partial charge in [-0.3, -0.25) is 4.79 Å². The molecule has 14 nitrogen and oxygen atoms in total. The van der Waals surface area contributed by atoms with Crippen LogP contribution in [-0.4, -0.2) is 81.1 Å². The highest BCUT2D eigenvalue weighted by Crippen LogP contribution is 2.38. The summed E-state index contributed by atoms with van der Waals surface area (Å²) in [4.78, 5) is 68.4. The van der Waals surface area contributed by atoms with Crippen LogP contribution in [-0.2, 0) is 18.9 Å². The molecule has 1 atom stereocenters. The highest BCUT2D eigenvalue weighted by atomic mass is 35.5. The zero-order chi connectivity index (χ0) is 31.6. The van der Waals surface area contributed by atoms with Gasteiger partial charge < -0.3 is 23.7 Å². The fraction of sp³-hybridized carbons (Fsp3) is 0.519. The molecule has 42 heavy (non-hydrogen) atoms. The monoisotopic (exact) mass is 610 g/mol. The van der Waals surface area contributed by atoms with E-state index >= 15 is 0 Å². The zero-order valence-electron chi connectivity index (χ0n) is 24.9. The van der Waals surface area contributed by atoms with Crippen LogP contribution in [0, 0.1) is 6.92 Å². The van der Waals surface area contributed by atoms with Gasteiger partial charge in [0, 0.05) is 11.2 Å². The summed E-state index contributed by atoms with van der Waals surface area (Å²) in [7, 11) is 0. The number of benzene rings is 1. The Hall–Kier alpha value is -4.20. The van der Waals surface area contributed by atoms with Gasteiger partial charge in [-0.25, -0.2) is 19.2 Å². The molecule has 0 radical (unpaired) electrons. The third kappa shape index (κ3) is 6.81. The summed E-state index contributed by atoms with van der Waals surface area (Å²) in [5.41, 5.74) is 0.226. The topological polar surface area (TPSA) is 144 Å². The molecular weight excluding hydrogens is 576 g/mol. The third-order valence-electron chi connectivity index (χ3n) is 5.39. The number of halogens is 1. The van der Waals surface area contributed by atoms with Gasteiger partial charge in [0.2, 0.25) is 6.23 Å². The third-order valence-corrected chi connectivity index (χ3v) is 5.80. The number of hydrogen-bond donors (Lipinski definition) is 0. The summed E-state index contributed by atoms with van der Waals surface area (Å²) >= 11 is 6.28. The average Bonchev–Trinajstić information content (AvgIpc) is 2.99. The lowest BCUT2D eigenvalue weighted by Crippen LogP contribution is -2.67. The number of ether oxygens (including phenoxy) is 5. The van der Waals surface area contributed by atoms with Gasteiger partial charge in [-0.15, -0.1) is 5.01 Å². The first-order valence-corrected chi connectivity index (χ1v) is 13.6. The summed E-state index contributed by atoms with van der Waals surface area (Å²) in [6, 6.07) is 2.86. The van der Waals surface area contributed by atoms with E-state index < -0.39 is 60.8 Å². The zero-order valence-corrected chi connectivity index (χ0v) is 25.6. The van der Waals surface area contributed by atoms with Crippen molar-refractivity contribution < 1.29 is 47.7 Å². The number of carbonyl (C=O) groups excluding carboxylic acids is 5. The van der Waals surface area contributed by atoms with Gasteiger partial charge in [-0.1, -0.05) is 21.8 Å². The standard InChI is InChI=1S/C27H35ClN4O10/c1-13(2)38-24(34)29-12-19-22(33)18-11-20(28)17(9)10-21(18)42-23(19)30(25(35)39-14(3)4)32(27(37)41-16(7)8)31(29)26(36)40-15(5)6/h10-16,23H,1-9H3. The van der Waals surface area contributed by atoms with Gasteiger partial charge in [0.15, 0.2) is 5.78 Å². The van der Waals surface area contributed by atoms with Gasteiger partial charge in [-0.2, -0.15) is 5.01 Å². The van der Waals surface area contributed by atoms with E-state index in [-0.39, 0.29) is 21.9 Å². The molecule has 1 aromatic rings. The van der Waals surface area contributed by atoms with Crippen molar-refractivity contribution in [2.45, 2.75) is 93.0 Å². The van der Waals surface area contributed by atoms with Crippen molar-refractivity contribution in [3.8, 4) is 5.75 Å². The summed E-state index contributed by atoms with van der Waals surface area (Å²) in [6.45, 7) is 14.0. The van der Waals surface area contributed by atoms with Gasteiger partial charge in [-0.05, 0) is 80.0 Å². The van der Waals surface area contributed by atoms with Crippen molar-refractivity contribution >= 4 is 41.8 Å². The van der Waals surface area contributed by atoms with Gasteiger partial charge >= 0.3 is 24.4 Å². The minimum atomic E-state index is -1.73. The number of Topliss-reactive ketones (excluding diaryl/α,β-unsaturated/α-hetero) is 1. The highest BCUT2D eigenvalue weighted by molar-refractivity contribution is 6.32. The maximum atomic E-state index is 13.9. The fourth-order valence-corrected chi connectivity index (χ4v) is 3.96. The largest absolute Gasteiger partial charge is 0.463 e. The number of hydrazine groups is 3. The smallest absolute Gasteiger partial charge is 0.451 e. The molecule has 2 aliphatic heterocycles. The second kappa shape index (κ2) is 12.8. The quantitative estimate of drug-likeness (QED) is 0.396. The molecule has 4 amide bonds. The van der Waals surface area contributed by atoms with E-state index in [0.29, 0.717) is 25.8 Å². The predicted molar refractivity (Wildman–Crippen MR) is 147 cm³/mol. The lowest BCUT2D eigenvalue weighted by atomic mass is 9.97. The molecule has 3 rings (SSSR count). The van der Waals surface area contributed by atoms with Crippen LogP contribution in [0.25, 0.3) is 0 Å². The van der Waals surface area contributed by atoms with Crippen molar-refractivity contribution in [1.82, 2.24) is 20.3 Å². The van der Waals surface area contributed by atoms with E-state index in [1.54, 1.807) is 34.6 Å². The van der Waals surface area contributed by atoms with Gasteiger partial charge in [0.25, 0.3) is 0 Å². The number of ketones is 1. The Balaban J connectivity index is 2.40. The Kier molecular flexibility index (Phi) is 9.82. The molecule has 15 heteroatoms. The Bertz CT molecular complexity index is 1300. The van der Waals surface area contributed by atoms with Crippen LogP contribution in [0.15, 0.2) is 23.9 Å². The van der Waals surface area contributed by atoms with Crippen molar-refractivity contribution in [3.05, 3.63) is 40.1 Å². The van der Waals surface area contributed by atoms with E-state index in [2.05, 4.69) is 0 Å². The van der Waals surface area contributed by atoms with Crippen molar-refractivity contribution in [3.63, 3.8) is 0 Å². The molecule has 0 bridgehead atoms. The number of rotatable bonds is 4. The number of amides is 4. The molecule has 1 unspecified atom stereocenters. The molecular formula is C27H35ClN4O10. The molecule has 0 fully saturated rings. The van der Waals surface area contributed by atoms with Crippen LogP contribution in [0.1, 0.15) is 71.3 Å². The first-order chi connectivity index (χ1) is 19.5. The Morgan fingerprint density at radius 1 is 0.762 bits per heavy atom. The number of nitrogens with zero attached hydrogens (tertiary/aromatic N) is 4. The lowest BCUT2D eigenvalue weighted by molar-refractivity contribution is -0.218. The number of hydrogen-bond acceptors (Lipinski definition) is 10. The average molecular weight is 611 g/mol. The molecule has 0 saturated carbocycles.